The van der Waals surface area contributed by atoms with E-state index in [9.17, 15) is 4.79 Å². The summed E-state index contributed by atoms with van der Waals surface area (Å²) in [5, 5.41) is 4.26. The molecule has 1 aromatic carbocycles. The molecule has 1 amide bonds. The highest BCUT2D eigenvalue weighted by Gasteiger charge is 2.26. The number of rotatable bonds is 6. The van der Waals surface area contributed by atoms with E-state index in [-0.39, 0.29) is 12.0 Å². The molecule has 2 aliphatic heterocycles. The molecule has 0 spiro atoms. The molecule has 2 saturated heterocycles. The minimum atomic E-state index is 0.158. The van der Waals surface area contributed by atoms with Crippen LogP contribution < -0.4 is 15.1 Å². The van der Waals surface area contributed by atoms with E-state index in [2.05, 4.69) is 23.5 Å². The van der Waals surface area contributed by atoms with Crippen molar-refractivity contribution in [3.05, 3.63) is 29.3 Å². The van der Waals surface area contributed by atoms with E-state index >= 15 is 0 Å². The SMILES string of the molecule is O=C(C[NH+]1CC[NH+](Cc2nc3ccccc3s2)CC1)NC[C@@H]1CCCO1. The van der Waals surface area contributed by atoms with Crippen LogP contribution in [0.4, 0.5) is 0 Å². The van der Waals surface area contributed by atoms with Crippen molar-refractivity contribution in [2.75, 3.05) is 45.9 Å². The molecule has 2 aromatic rings. The second-order valence-electron chi connectivity index (χ2n) is 7.37. The summed E-state index contributed by atoms with van der Waals surface area (Å²) >= 11 is 1.81. The lowest BCUT2D eigenvalue weighted by molar-refractivity contribution is -1.02. The van der Waals surface area contributed by atoms with Crippen LogP contribution in [0.3, 0.4) is 0 Å². The van der Waals surface area contributed by atoms with Gasteiger partial charge in [0, 0.05) is 13.2 Å². The van der Waals surface area contributed by atoms with E-state index in [1.807, 2.05) is 6.07 Å². The normalized spacial score (nSPS) is 26.2. The summed E-state index contributed by atoms with van der Waals surface area (Å²) in [6.07, 6.45) is 2.41. The monoisotopic (exact) mass is 376 g/mol. The Balaban J connectivity index is 1.19. The zero-order chi connectivity index (χ0) is 17.8. The van der Waals surface area contributed by atoms with Gasteiger partial charge in [-0.25, -0.2) is 4.98 Å². The molecule has 26 heavy (non-hydrogen) atoms. The largest absolute Gasteiger partial charge is 0.376 e. The van der Waals surface area contributed by atoms with Gasteiger partial charge in [-0.1, -0.05) is 12.1 Å². The van der Waals surface area contributed by atoms with Gasteiger partial charge in [0.1, 0.15) is 37.7 Å². The number of carbonyl (C=O) groups excluding carboxylic acids is 1. The van der Waals surface area contributed by atoms with Gasteiger partial charge in [-0.3, -0.25) is 4.79 Å². The first-order valence-corrected chi connectivity index (χ1v) is 10.5. The molecule has 0 unspecified atom stereocenters. The molecule has 2 aliphatic rings. The first-order valence-electron chi connectivity index (χ1n) is 9.66. The molecule has 6 nitrogen and oxygen atoms in total. The van der Waals surface area contributed by atoms with Crippen molar-refractivity contribution in [3.63, 3.8) is 0 Å². The van der Waals surface area contributed by atoms with E-state index in [0.717, 1.165) is 57.7 Å². The molecule has 1 aromatic heterocycles. The van der Waals surface area contributed by atoms with Crippen LogP contribution in [0.25, 0.3) is 10.2 Å². The fourth-order valence-corrected chi connectivity index (χ4v) is 4.88. The molecule has 3 heterocycles. The van der Waals surface area contributed by atoms with Gasteiger partial charge in [0.2, 0.25) is 0 Å². The van der Waals surface area contributed by atoms with Crippen LogP contribution in [-0.4, -0.2) is 62.9 Å². The molecule has 0 saturated carbocycles. The van der Waals surface area contributed by atoms with Gasteiger partial charge >= 0.3 is 0 Å². The third kappa shape index (κ3) is 4.59. The Bertz CT molecular complexity index is 703. The Morgan fingerprint density at radius 1 is 1.23 bits per heavy atom. The van der Waals surface area contributed by atoms with Gasteiger partial charge < -0.3 is 19.9 Å². The summed E-state index contributed by atoms with van der Waals surface area (Å²) in [5.74, 6) is 0.158. The maximum atomic E-state index is 12.1. The van der Waals surface area contributed by atoms with Crippen molar-refractivity contribution in [1.29, 1.82) is 0 Å². The minimum Gasteiger partial charge on any atom is -0.376 e. The number of hydrogen-bond donors (Lipinski definition) is 3. The molecule has 0 bridgehead atoms. The quantitative estimate of drug-likeness (QED) is 0.598. The van der Waals surface area contributed by atoms with Gasteiger partial charge in [-0.15, -0.1) is 11.3 Å². The number of carbonyl (C=O) groups is 1. The second kappa shape index (κ2) is 8.43. The van der Waals surface area contributed by atoms with Crippen molar-refractivity contribution in [2.24, 2.45) is 0 Å². The molecule has 1 atom stereocenters. The lowest BCUT2D eigenvalue weighted by Gasteiger charge is -2.28. The van der Waals surface area contributed by atoms with Crippen molar-refractivity contribution < 1.29 is 19.3 Å². The Morgan fingerprint density at radius 2 is 2.04 bits per heavy atom. The van der Waals surface area contributed by atoms with Crippen LogP contribution in [0.15, 0.2) is 24.3 Å². The van der Waals surface area contributed by atoms with Crippen molar-refractivity contribution in [2.45, 2.75) is 25.5 Å². The highest BCUT2D eigenvalue weighted by Crippen LogP contribution is 2.20. The minimum absolute atomic E-state index is 0.158. The van der Waals surface area contributed by atoms with Crippen LogP contribution in [0.5, 0.6) is 0 Å². The molecule has 4 rings (SSSR count). The standard InChI is InChI=1S/C19H26N4O2S/c24-18(20-12-15-4-3-11-25-15)13-22-7-9-23(10-8-22)14-19-21-16-5-1-2-6-17(16)26-19/h1-2,5-6,15H,3-4,7-14H2,(H,20,24)/p+2/t15-/m0/s1. The lowest BCUT2D eigenvalue weighted by atomic mass is 10.2. The Kier molecular flexibility index (Phi) is 5.79. The Hall–Kier alpha value is -1.54. The number of piperazine rings is 1. The fraction of sp³-hybridized carbons (Fsp3) is 0.579. The summed E-state index contributed by atoms with van der Waals surface area (Å²) in [5.41, 5.74) is 1.11. The molecular formula is C19H28N4O2S+2. The predicted octanol–water partition coefficient (Wildman–Crippen LogP) is -1.13. The van der Waals surface area contributed by atoms with Crippen LogP contribution in [0.2, 0.25) is 0 Å². The van der Waals surface area contributed by atoms with E-state index < -0.39 is 0 Å². The van der Waals surface area contributed by atoms with Crippen LogP contribution in [0.1, 0.15) is 17.8 Å². The van der Waals surface area contributed by atoms with Crippen molar-refractivity contribution >= 4 is 27.5 Å². The third-order valence-electron chi connectivity index (χ3n) is 5.37. The number of thiazole rings is 1. The van der Waals surface area contributed by atoms with E-state index in [0.29, 0.717) is 13.1 Å². The second-order valence-corrected chi connectivity index (χ2v) is 8.48. The Labute approximate surface area is 158 Å². The number of hydrogen-bond acceptors (Lipinski definition) is 4. The van der Waals surface area contributed by atoms with Gasteiger partial charge in [0.25, 0.3) is 5.91 Å². The summed E-state index contributed by atoms with van der Waals surface area (Å²) in [6, 6.07) is 8.35. The number of fused-ring (bicyclic) bond motifs is 1. The van der Waals surface area contributed by atoms with Gasteiger partial charge in [0.05, 0.1) is 16.3 Å². The highest BCUT2D eigenvalue weighted by atomic mass is 32.1. The number of nitrogens with zero attached hydrogens (tertiary/aromatic N) is 1. The number of para-hydroxylation sites is 1. The molecular weight excluding hydrogens is 348 g/mol. The number of ether oxygens (including phenoxy) is 1. The Morgan fingerprint density at radius 3 is 2.81 bits per heavy atom. The number of quaternary nitrogens is 2. The number of nitrogens with one attached hydrogen (secondary N) is 3. The van der Waals surface area contributed by atoms with Gasteiger partial charge in [0.15, 0.2) is 6.54 Å². The molecule has 2 fully saturated rings. The third-order valence-corrected chi connectivity index (χ3v) is 6.40. The maximum absolute atomic E-state index is 12.1. The molecule has 7 heteroatoms. The van der Waals surface area contributed by atoms with Crippen LogP contribution >= 0.6 is 11.3 Å². The van der Waals surface area contributed by atoms with Gasteiger partial charge in [-0.05, 0) is 25.0 Å². The zero-order valence-corrected chi connectivity index (χ0v) is 15.9. The number of benzene rings is 1. The van der Waals surface area contributed by atoms with Gasteiger partial charge in [-0.2, -0.15) is 0 Å². The van der Waals surface area contributed by atoms with Crippen LogP contribution in [0, 0.1) is 0 Å². The average molecular weight is 377 g/mol. The molecule has 3 N–H and O–H groups in total. The number of amides is 1. The summed E-state index contributed by atoms with van der Waals surface area (Å²) in [6.45, 7) is 7.39. The smallest absolute Gasteiger partial charge is 0.275 e. The predicted molar refractivity (Wildman–Crippen MR) is 102 cm³/mol. The zero-order valence-electron chi connectivity index (χ0n) is 15.1. The van der Waals surface area contributed by atoms with E-state index in [1.165, 1.54) is 14.6 Å². The molecule has 0 radical (unpaired) electrons. The summed E-state index contributed by atoms with van der Waals surface area (Å²) in [4.78, 5) is 19.9. The summed E-state index contributed by atoms with van der Waals surface area (Å²) < 4.78 is 6.83. The van der Waals surface area contributed by atoms with Crippen molar-refractivity contribution in [1.82, 2.24) is 10.3 Å². The summed E-state index contributed by atoms with van der Waals surface area (Å²) in [7, 11) is 0. The highest BCUT2D eigenvalue weighted by molar-refractivity contribution is 7.18. The van der Waals surface area contributed by atoms with E-state index in [1.54, 1.807) is 16.2 Å². The average Bonchev–Trinajstić information content (AvgIpc) is 3.30. The first-order chi connectivity index (χ1) is 12.8. The topological polar surface area (TPSA) is 60.1 Å². The maximum Gasteiger partial charge on any atom is 0.275 e. The molecule has 0 aliphatic carbocycles. The fourth-order valence-electron chi connectivity index (χ4n) is 3.84. The lowest BCUT2D eigenvalue weighted by Crippen LogP contribution is -3.28. The first kappa shape index (κ1) is 17.9. The molecule has 140 valence electrons. The van der Waals surface area contributed by atoms with E-state index in [4.69, 9.17) is 9.72 Å². The number of aromatic nitrogens is 1. The van der Waals surface area contributed by atoms with Crippen LogP contribution in [-0.2, 0) is 16.1 Å². The van der Waals surface area contributed by atoms with Crippen molar-refractivity contribution in [3.8, 4) is 0 Å².